The van der Waals surface area contributed by atoms with Crippen molar-refractivity contribution in [3.63, 3.8) is 0 Å². The number of H-pyrrole nitrogens is 2. The number of benzene rings is 12. The van der Waals surface area contributed by atoms with Gasteiger partial charge in [-0.1, -0.05) is 371 Å². The minimum absolute atomic E-state index is 0. The fourth-order valence-corrected chi connectivity index (χ4v) is 20.2. The monoisotopic (exact) mass is 1630 g/mol. The van der Waals surface area contributed by atoms with Crippen LogP contribution in [0.3, 0.4) is 0 Å². The van der Waals surface area contributed by atoms with Crippen molar-refractivity contribution in [2.75, 3.05) is 0 Å². The van der Waals surface area contributed by atoms with Crippen molar-refractivity contribution in [1.82, 2.24) is 19.9 Å². The zero-order chi connectivity index (χ0) is 70.3. The summed E-state index contributed by atoms with van der Waals surface area (Å²) in [5.74, 6) is 0. The first-order chi connectivity index (χ1) is 50.1. The largest absolute Gasteiger partial charge is 2.00 e. The second kappa shape index (κ2) is 47.3. The van der Waals surface area contributed by atoms with Crippen molar-refractivity contribution >= 4 is 133 Å². The molecule has 0 aliphatic heterocycles. The Labute approximate surface area is 653 Å². The van der Waals surface area contributed by atoms with Crippen LogP contribution in [0, 0.1) is 35.0 Å². The van der Waals surface area contributed by atoms with Crippen LogP contribution in [0.15, 0.2) is 418 Å². The van der Waals surface area contributed by atoms with Crippen molar-refractivity contribution in [2.24, 2.45) is 0 Å². The van der Waals surface area contributed by atoms with Gasteiger partial charge in [-0.15, -0.1) is 0 Å². The predicted molar refractivity (Wildman–Crippen MR) is 442 cm³/mol. The molecule has 0 spiro atoms. The Kier molecular flexibility index (Phi) is 37.7. The van der Waals surface area contributed by atoms with Gasteiger partial charge in [-0.3, -0.25) is 0 Å². The number of nitrogens with one attached hydrogen (secondary N) is 2. The number of halogens is 1. The SMILES string of the molecule is Brc1cnc2[nH]ccc2c1.C.N#Cc1cnc2[nH]ccc2c1.[C-]#N.[C-]#N.[Pd].[Zn+2].c1ccc(P(c2ccccc2)c2ccccc2)cc1.c1ccc(P(c2ccccc2)c2ccccc2)cc1.c1ccc(P(c2ccccc2)c2ccccc2)cc1.c1ccc(P(c2ccccc2)c2ccccc2)cc1. The van der Waals surface area contributed by atoms with Crippen LogP contribution < -0.4 is 63.7 Å². The maximum atomic E-state index is 8.53. The van der Waals surface area contributed by atoms with Gasteiger partial charge in [-0.2, -0.15) is 5.26 Å². The second-order valence-corrected chi connectivity index (χ2v) is 31.5. The Morgan fingerprint density at radius 1 is 0.279 bits per heavy atom. The van der Waals surface area contributed by atoms with Gasteiger partial charge in [0.25, 0.3) is 0 Å². The number of fused-ring (bicyclic) bond motifs is 2. The third-order valence-electron chi connectivity index (χ3n) is 15.1. The Balaban J connectivity index is 0.000000195. The van der Waals surface area contributed by atoms with E-state index in [0.717, 1.165) is 26.5 Å². The van der Waals surface area contributed by atoms with Crippen LogP contribution in [-0.2, 0) is 39.9 Å². The number of rotatable bonds is 12. The van der Waals surface area contributed by atoms with E-state index < -0.39 is 31.7 Å². The first kappa shape index (κ1) is 82.9. The van der Waals surface area contributed by atoms with Crippen molar-refractivity contribution < 1.29 is 39.9 Å². The summed E-state index contributed by atoms with van der Waals surface area (Å²) in [6.45, 7) is 9.50. The molecule has 0 bridgehead atoms. The molecule has 4 heterocycles. The quantitative estimate of drug-likeness (QED) is 0.0715. The molecule has 508 valence electrons. The van der Waals surface area contributed by atoms with Crippen LogP contribution in [-0.4, -0.2) is 19.9 Å². The van der Waals surface area contributed by atoms with E-state index in [9.17, 15) is 0 Å². The molecule has 0 saturated carbocycles. The van der Waals surface area contributed by atoms with Gasteiger partial charge in [0.1, 0.15) is 17.4 Å². The van der Waals surface area contributed by atoms with E-state index in [2.05, 4.69) is 400 Å². The molecular formula is C90H74BrN7P4PdZn. The number of aromatic nitrogens is 4. The van der Waals surface area contributed by atoms with E-state index in [0.29, 0.717) is 5.56 Å². The van der Waals surface area contributed by atoms with Gasteiger partial charge in [-0.25, -0.2) is 9.97 Å². The van der Waals surface area contributed by atoms with E-state index in [4.69, 9.17) is 28.9 Å². The summed E-state index contributed by atoms with van der Waals surface area (Å²) in [5, 5.41) is 39.9. The van der Waals surface area contributed by atoms with Crippen molar-refractivity contribution in [1.29, 1.82) is 15.8 Å². The summed E-state index contributed by atoms with van der Waals surface area (Å²) < 4.78 is 1.01. The van der Waals surface area contributed by atoms with Gasteiger partial charge in [0.15, 0.2) is 0 Å². The molecule has 0 unspecified atom stereocenters. The minimum atomic E-state index is -0.446. The standard InChI is InChI=1S/4C18H15P.C8H5N3.C7H5BrN2.2CN.CH4.Pd.Zn/c4*1-4-10-16(11-5-1)19(17-12-6-2-7-13-17)18-14-8-3-9-15-18;9-4-6-3-7-1-2-10-8(7)11-5-6;8-6-3-5-1-2-9-7(5)10-4-6;2*1-2;;;/h4*1-15H;1-3,5H,(H,10,11);1-4H,(H,9,10);;;1H4;;/q;;;;;;2*-1;;;+2. The number of hydrogen-bond donors (Lipinski definition) is 2. The van der Waals surface area contributed by atoms with Crippen molar-refractivity contribution in [3.05, 3.63) is 436 Å². The smallest absolute Gasteiger partial charge is 0.512 e. The first-order valence-corrected chi connectivity index (χ1v) is 38.4. The van der Waals surface area contributed by atoms with Gasteiger partial charge in [0.05, 0.1) is 5.56 Å². The zero-order valence-corrected chi connectivity index (χ0v) is 65.9. The molecule has 0 aliphatic rings. The predicted octanol–water partition coefficient (Wildman–Crippen LogP) is 18.4. The molecule has 2 N–H and O–H groups in total. The van der Waals surface area contributed by atoms with Crippen molar-refractivity contribution in [2.45, 2.75) is 7.43 Å². The average Bonchev–Trinajstić information content (AvgIpc) is 0.864. The fourth-order valence-electron chi connectivity index (χ4n) is 10.6. The third-order valence-corrected chi connectivity index (χ3v) is 25.3. The number of aromatic amines is 2. The molecule has 7 nitrogen and oxygen atoms in total. The third kappa shape index (κ3) is 25.2. The molecule has 0 radical (unpaired) electrons. The van der Waals surface area contributed by atoms with Gasteiger partial charge < -0.3 is 33.6 Å². The fraction of sp³-hybridized carbons (Fsp3) is 0.0111. The first-order valence-electron chi connectivity index (χ1n) is 32.2. The van der Waals surface area contributed by atoms with E-state index >= 15 is 0 Å². The zero-order valence-electron chi connectivity index (χ0n) is 56.2. The number of nitrogens with zero attached hydrogens (tertiary/aromatic N) is 5. The summed E-state index contributed by atoms with van der Waals surface area (Å²) in [6.07, 6.45) is 7.01. The Morgan fingerprint density at radius 3 is 0.635 bits per heavy atom. The molecular weight excluding hydrogens is 1550 g/mol. The molecule has 16 aromatic rings. The summed E-state index contributed by atoms with van der Waals surface area (Å²) >= 11 is 3.34. The van der Waals surface area contributed by atoms with Gasteiger partial charge in [-0.05, 0) is 136 Å². The molecule has 0 aliphatic carbocycles. The summed E-state index contributed by atoms with van der Waals surface area (Å²) in [5.41, 5.74) is 2.35. The van der Waals surface area contributed by atoms with Crippen LogP contribution in [0.1, 0.15) is 13.0 Å². The van der Waals surface area contributed by atoms with Crippen LogP contribution >= 0.6 is 47.6 Å². The van der Waals surface area contributed by atoms with Crippen molar-refractivity contribution in [3.8, 4) is 6.07 Å². The summed E-state index contributed by atoms with van der Waals surface area (Å²) in [7, 11) is -1.78. The Hall–Kier alpha value is -10.0. The van der Waals surface area contributed by atoms with Gasteiger partial charge in [0.2, 0.25) is 0 Å². The molecule has 0 atom stereocenters. The summed E-state index contributed by atoms with van der Waals surface area (Å²) in [6, 6.07) is 139. The normalized spacial score (nSPS) is 9.81. The van der Waals surface area contributed by atoms with E-state index in [1.165, 1.54) is 63.7 Å². The van der Waals surface area contributed by atoms with Crippen LogP contribution in [0.5, 0.6) is 0 Å². The molecule has 0 fully saturated rings. The summed E-state index contributed by atoms with van der Waals surface area (Å²) in [4.78, 5) is 14.1. The molecule has 14 heteroatoms. The average molecular weight is 1630 g/mol. The molecule has 0 amide bonds. The van der Waals surface area contributed by atoms with E-state index in [-0.39, 0.29) is 47.3 Å². The van der Waals surface area contributed by atoms with Gasteiger partial charge >= 0.3 is 19.5 Å². The Morgan fingerprint density at radius 2 is 0.452 bits per heavy atom. The number of hydrogen-bond acceptors (Lipinski definition) is 5. The molecule has 12 aromatic carbocycles. The van der Waals surface area contributed by atoms with Crippen LogP contribution in [0.2, 0.25) is 0 Å². The Bertz CT molecular complexity index is 4150. The van der Waals surface area contributed by atoms with Crippen LogP contribution in [0.25, 0.3) is 22.1 Å². The molecule has 16 rings (SSSR count). The second-order valence-electron chi connectivity index (χ2n) is 21.7. The maximum absolute atomic E-state index is 8.53. The number of nitriles is 1. The maximum Gasteiger partial charge on any atom is 2.00 e. The van der Waals surface area contributed by atoms with E-state index in [1.54, 1.807) is 24.7 Å². The molecule has 104 heavy (non-hydrogen) atoms. The molecule has 0 saturated heterocycles. The topological polar surface area (TPSA) is 129 Å². The van der Waals surface area contributed by atoms with E-state index in [1.807, 2.05) is 30.5 Å². The van der Waals surface area contributed by atoms with Gasteiger partial charge in [0, 0.05) is 60.5 Å². The number of pyridine rings is 2. The minimum Gasteiger partial charge on any atom is -0.512 e. The molecule has 4 aromatic heterocycles. The van der Waals surface area contributed by atoms with Crippen LogP contribution in [0.4, 0.5) is 0 Å².